The molecule has 8 heteroatoms. The first-order valence-electron chi connectivity index (χ1n) is 7.48. The smallest absolute Gasteiger partial charge is 0.251 e. The number of halogens is 1. The van der Waals surface area contributed by atoms with Crippen LogP contribution in [0.25, 0.3) is 0 Å². The van der Waals surface area contributed by atoms with Crippen LogP contribution < -0.4 is 21.1 Å². The molecule has 0 radical (unpaired) electrons. The molecule has 1 aromatic carbocycles. The summed E-state index contributed by atoms with van der Waals surface area (Å²) < 4.78 is 5.50. The van der Waals surface area contributed by atoms with Crippen molar-refractivity contribution in [1.82, 2.24) is 10.6 Å². The van der Waals surface area contributed by atoms with Gasteiger partial charge in [-0.2, -0.15) is 0 Å². The summed E-state index contributed by atoms with van der Waals surface area (Å²) in [6.45, 7) is 3.72. The summed E-state index contributed by atoms with van der Waals surface area (Å²) in [5, 5.41) is 5.26. The lowest BCUT2D eigenvalue weighted by molar-refractivity contribution is -0.122. The maximum atomic E-state index is 12.3. The van der Waals surface area contributed by atoms with E-state index in [1.54, 1.807) is 12.1 Å². The van der Waals surface area contributed by atoms with E-state index in [-0.39, 0.29) is 23.1 Å². The maximum absolute atomic E-state index is 12.3. The molecule has 4 N–H and O–H groups in total. The van der Waals surface area contributed by atoms with E-state index < -0.39 is 23.9 Å². The standard InChI is InChI=1S/C16H22ClN3O4/c1-9(2)24-14-5-4-10(6-12(14)17)15(22)20-13(16(23)19-3)7-11(18)8-21/h4-6,8-9,11,13H,7,18H2,1-3H3,(H,19,23)(H,20,22)/t11?,13-/m0/s1. The van der Waals surface area contributed by atoms with Crippen LogP contribution in [0.1, 0.15) is 30.6 Å². The van der Waals surface area contributed by atoms with Crippen molar-refractivity contribution in [3.05, 3.63) is 28.8 Å². The van der Waals surface area contributed by atoms with Crippen molar-refractivity contribution in [1.29, 1.82) is 0 Å². The fourth-order valence-corrected chi connectivity index (χ4v) is 2.19. The number of nitrogens with one attached hydrogen (secondary N) is 2. The fraction of sp³-hybridized carbons (Fsp3) is 0.438. The zero-order valence-corrected chi connectivity index (χ0v) is 14.6. The van der Waals surface area contributed by atoms with Crippen molar-refractivity contribution in [2.75, 3.05) is 7.05 Å². The van der Waals surface area contributed by atoms with E-state index in [0.717, 1.165) is 0 Å². The van der Waals surface area contributed by atoms with E-state index in [0.29, 0.717) is 12.0 Å². The summed E-state index contributed by atoms with van der Waals surface area (Å²) in [5.74, 6) is -0.472. The Kier molecular flexibility index (Phi) is 7.67. The molecule has 1 rings (SSSR count). The van der Waals surface area contributed by atoms with Crippen LogP contribution in [0.15, 0.2) is 18.2 Å². The highest BCUT2D eigenvalue weighted by molar-refractivity contribution is 6.32. The molecule has 0 heterocycles. The molecule has 0 saturated heterocycles. The third-order valence-corrected chi connectivity index (χ3v) is 3.40. The number of nitrogens with two attached hydrogens (primary N) is 1. The minimum absolute atomic E-state index is 0.00279. The Morgan fingerprint density at radius 1 is 1.38 bits per heavy atom. The largest absolute Gasteiger partial charge is 0.489 e. The van der Waals surface area contributed by atoms with Gasteiger partial charge in [0.25, 0.3) is 5.91 Å². The summed E-state index contributed by atoms with van der Waals surface area (Å²) in [4.78, 5) is 34.8. The summed E-state index contributed by atoms with van der Waals surface area (Å²) in [5.41, 5.74) is 5.80. The molecule has 7 nitrogen and oxygen atoms in total. The third-order valence-electron chi connectivity index (χ3n) is 3.11. The highest BCUT2D eigenvalue weighted by Gasteiger charge is 2.23. The molecule has 0 aliphatic heterocycles. The van der Waals surface area contributed by atoms with Gasteiger partial charge in [0.2, 0.25) is 5.91 Å². The highest BCUT2D eigenvalue weighted by Crippen LogP contribution is 2.26. The van der Waals surface area contributed by atoms with Crippen molar-refractivity contribution in [2.45, 2.75) is 38.5 Å². The molecular formula is C16H22ClN3O4. The maximum Gasteiger partial charge on any atom is 0.251 e. The Hall–Kier alpha value is -2.12. The topological polar surface area (TPSA) is 111 Å². The number of aldehydes is 1. The molecular weight excluding hydrogens is 334 g/mol. The predicted molar refractivity (Wildman–Crippen MR) is 91.2 cm³/mol. The predicted octanol–water partition coefficient (Wildman–Crippen LogP) is 0.888. The Morgan fingerprint density at radius 3 is 2.54 bits per heavy atom. The molecule has 2 atom stereocenters. The van der Waals surface area contributed by atoms with E-state index in [2.05, 4.69) is 10.6 Å². The molecule has 0 spiro atoms. The SMILES string of the molecule is CNC(=O)[C@H](CC(N)C=O)NC(=O)c1ccc(OC(C)C)c(Cl)c1. The van der Waals surface area contributed by atoms with Crippen molar-refractivity contribution in [3.63, 3.8) is 0 Å². The number of rotatable bonds is 8. The summed E-state index contributed by atoms with van der Waals surface area (Å²) in [6.07, 6.45) is 0.471. The number of hydrogen-bond acceptors (Lipinski definition) is 5. The van der Waals surface area contributed by atoms with Gasteiger partial charge in [0.15, 0.2) is 0 Å². The van der Waals surface area contributed by atoms with Crippen molar-refractivity contribution in [3.8, 4) is 5.75 Å². The first-order chi connectivity index (χ1) is 11.3. The molecule has 0 fully saturated rings. The number of benzene rings is 1. The number of likely N-dealkylation sites (N-methyl/N-ethyl adjacent to an activating group) is 1. The van der Waals surface area contributed by atoms with Crippen LogP contribution in [0.2, 0.25) is 5.02 Å². The number of carbonyl (C=O) groups excluding carboxylic acids is 3. The number of carbonyl (C=O) groups is 3. The van der Waals surface area contributed by atoms with Crippen LogP contribution in [-0.2, 0) is 9.59 Å². The van der Waals surface area contributed by atoms with Gasteiger partial charge in [0.1, 0.15) is 18.1 Å². The Morgan fingerprint density at radius 2 is 2.04 bits per heavy atom. The molecule has 24 heavy (non-hydrogen) atoms. The second-order valence-electron chi connectivity index (χ2n) is 5.49. The molecule has 0 aliphatic carbocycles. The molecule has 2 amide bonds. The second-order valence-corrected chi connectivity index (χ2v) is 5.89. The normalized spacial score (nSPS) is 13.1. The van der Waals surface area contributed by atoms with Crippen molar-refractivity contribution in [2.24, 2.45) is 5.73 Å². The zero-order chi connectivity index (χ0) is 18.3. The number of amides is 2. The quantitative estimate of drug-likeness (QED) is 0.600. The van der Waals surface area contributed by atoms with Gasteiger partial charge in [-0.1, -0.05) is 11.6 Å². The van der Waals surface area contributed by atoms with Gasteiger partial charge in [-0.15, -0.1) is 0 Å². The lowest BCUT2D eigenvalue weighted by atomic mass is 10.1. The monoisotopic (exact) mass is 355 g/mol. The van der Waals surface area contributed by atoms with Gasteiger partial charge in [0.05, 0.1) is 17.2 Å². The number of ether oxygens (including phenoxy) is 1. The summed E-state index contributed by atoms with van der Waals surface area (Å²) in [6, 6.07) is 2.81. The molecule has 1 aromatic rings. The Balaban J connectivity index is 2.89. The van der Waals surface area contributed by atoms with Gasteiger partial charge in [-0.3, -0.25) is 9.59 Å². The van der Waals surface area contributed by atoms with Crippen LogP contribution in [0.3, 0.4) is 0 Å². The van der Waals surface area contributed by atoms with Gasteiger partial charge in [0, 0.05) is 12.6 Å². The van der Waals surface area contributed by atoms with Crippen LogP contribution >= 0.6 is 11.6 Å². The lowest BCUT2D eigenvalue weighted by Gasteiger charge is -2.19. The van der Waals surface area contributed by atoms with Crippen molar-refractivity contribution >= 4 is 29.7 Å². The third kappa shape index (κ3) is 5.82. The summed E-state index contributed by atoms with van der Waals surface area (Å²) in [7, 11) is 1.43. The number of hydrogen-bond donors (Lipinski definition) is 3. The molecule has 132 valence electrons. The van der Waals surface area contributed by atoms with Gasteiger partial charge in [-0.05, 0) is 38.5 Å². The molecule has 0 saturated carbocycles. The Bertz CT molecular complexity index is 607. The zero-order valence-electron chi connectivity index (χ0n) is 13.8. The molecule has 0 bridgehead atoms. The highest BCUT2D eigenvalue weighted by atomic mass is 35.5. The first-order valence-corrected chi connectivity index (χ1v) is 7.85. The second kappa shape index (κ2) is 9.24. The summed E-state index contributed by atoms with van der Waals surface area (Å²) >= 11 is 6.10. The van der Waals surface area contributed by atoms with E-state index in [4.69, 9.17) is 22.1 Å². The van der Waals surface area contributed by atoms with E-state index >= 15 is 0 Å². The van der Waals surface area contributed by atoms with E-state index in [1.165, 1.54) is 13.1 Å². The average Bonchev–Trinajstić information content (AvgIpc) is 2.54. The Labute approximate surface area is 145 Å². The van der Waals surface area contributed by atoms with Crippen molar-refractivity contribution < 1.29 is 19.1 Å². The van der Waals surface area contributed by atoms with E-state index in [1.807, 2.05) is 13.8 Å². The molecule has 1 unspecified atom stereocenters. The van der Waals surface area contributed by atoms with E-state index in [9.17, 15) is 14.4 Å². The van der Waals surface area contributed by atoms with Crippen LogP contribution in [-0.4, -0.2) is 43.3 Å². The van der Waals surface area contributed by atoms with Gasteiger partial charge in [-0.25, -0.2) is 0 Å². The van der Waals surface area contributed by atoms with Crippen LogP contribution in [0, 0.1) is 0 Å². The van der Waals surface area contributed by atoms with Gasteiger partial charge >= 0.3 is 0 Å². The van der Waals surface area contributed by atoms with Crippen LogP contribution in [0.4, 0.5) is 0 Å². The fourth-order valence-electron chi connectivity index (χ4n) is 1.97. The van der Waals surface area contributed by atoms with Crippen LogP contribution in [0.5, 0.6) is 5.75 Å². The average molecular weight is 356 g/mol. The lowest BCUT2D eigenvalue weighted by Crippen LogP contribution is -2.48. The first kappa shape index (κ1) is 19.9. The minimum Gasteiger partial charge on any atom is -0.489 e. The van der Waals surface area contributed by atoms with Gasteiger partial charge < -0.3 is 25.9 Å². The molecule has 0 aromatic heterocycles. The minimum atomic E-state index is -0.923. The molecule has 0 aliphatic rings.